The van der Waals surface area contributed by atoms with Crippen molar-refractivity contribution in [1.82, 2.24) is 30.1 Å². The van der Waals surface area contributed by atoms with Crippen molar-refractivity contribution >= 4 is 29.9 Å². The molecule has 2 aromatic heterocycles. The fourth-order valence-electron chi connectivity index (χ4n) is 3.29. The van der Waals surface area contributed by atoms with Gasteiger partial charge in [0.15, 0.2) is 5.96 Å². The zero-order chi connectivity index (χ0) is 18.5. The van der Waals surface area contributed by atoms with Crippen LogP contribution in [0.1, 0.15) is 29.6 Å². The van der Waals surface area contributed by atoms with E-state index in [1.54, 1.807) is 6.26 Å². The Morgan fingerprint density at radius 3 is 2.56 bits per heavy atom. The fourth-order valence-corrected chi connectivity index (χ4v) is 3.29. The van der Waals surface area contributed by atoms with Crippen molar-refractivity contribution in [2.45, 2.75) is 33.9 Å². The van der Waals surface area contributed by atoms with Crippen molar-refractivity contribution in [1.29, 1.82) is 0 Å². The highest BCUT2D eigenvalue weighted by molar-refractivity contribution is 14.0. The molecule has 1 aliphatic rings. The molecule has 3 rings (SSSR count). The summed E-state index contributed by atoms with van der Waals surface area (Å²) in [4.78, 5) is 9.61. The van der Waals surface area contributed by atoms with E-state index < -0.39 is 0 Å². The summed E-state index contributed by atoms with van der Waals surface area (Å²) in [5, 5.41) is 11.9. The standard InChI is InChI=1S/C18H29N7O.HI/c1-5-19-18(20-12-17-14(2)21-23(4)15(17)3)25-9-7-24(8-10-25)13-16-6-11-26-22-16;/h6,11H,5,7-10,12-13H2,1-4H3,(H,19,20);1H. The molecule has 8 nitrogen and oxygen atoms in total. The Bertz CT molecular complexity index is 733. The molecule has 0 amide bonds. The number of aryl methyl sites for hydroxylation is 2. The SMILES string of the molecule is CCNC(=NCc1c(C)nn(C)c1C)N1CCN(Cc2ccon2)CC1.I. The number of nitrogens with one attached hydrogen (secondary N) is 1. The number of hydrogen-bond acceptors (Lipinski definition) is 5. The minimum Gasteiger partial charge on any atom is -0.364 e. The summed E-state index contributed by atoms with van der Waals surface area (Å²) in [6.45, 7) is 12.5. The second-order valence-corrected chi connectivity index (χ2v) is 6.70. The number of hydrogen-bond donors (Lipinski definition) is 1. The first-order valence-electron chi connectivity index (χ1n) is 9.22. The molecule has 9 heteroatoms. The Labute approximate surface area is 178 Å². The van der Waals surface area contributed by atoms with E-state index >= 15 is 0 Å². The van der Waals surface area contributed by atoms with Gasteiger partial charge in [-0.1, -0.05) is 5.16 Å². The van der Waals surface area contributed by atoms with Crippen LogP contribution < -0.4 is 5.32 Å². The highest BCUT2D eigenvalue weighted by atomic mass is 127. The molecule has 1 saturated heterocycles. The summed E-state index contributed by atoms with van der Waals surface area (Å²) in [5.74, 6) is 0.983. The van der Waals surface area contributed by atoms with E-state index in [1.165, 1.54) is 11.3 Å². The van der Waals surface area contributed by atoms with Crippen molar-refractivity contribution in [3.63, 3.8) is 0 Å². The van der Waals surface area contributed by atoms with Gasteiger partial charge in [-0.2, -0.15) is 5.10 Å². The Balaban J connectivity index is 0.00000261. The molecule has 1 fully saturated rings. The molecule has 0 unspecified atom stereocenters. The van der Waals surface area contributed by atoms with E-state index in [9.17, 15) is 0 Å². The molecule has 1 aliphatic heterocycles. The molecule has 2 aromatic rings. The normalized spacial score (nSPS) is 15.7. The van der Waals surface area contributed by atoms with E-state index in [1.807, 2.05) is 24.7 Å². The van der Waals surface area contributed by atoms with Crippen molar-refractivity contribution in [2.75, 3.05) is 32.7 Å². The second-order valence-electron chi connectivity index (χ2n) is 6.70. The van der Waals surface area contributed by atoms with E-state index in [0.29, 0.717) is 6.54 Å². The number of guanidine groups is 1. The van der Waals surface area contributed by atoms with Crippen LogP contribution in [0.3, 0.4) is 0 Å². The second kappa shape index (κ2) is 10.1. The van der Waals surface area contributed by atoms with Crippen LogP contribution in [0, 0.1) is 13.8 Å². The third-order valence-electron chi connectivity index (χ3n) is 4.93. The zero-order valence-electron chi connectivity index (χ0n) is 16.6. The topological polar surface area (TPSA) is 74.7 Å². The first-order valence-corrected chi connectivity index (χ1v) is 9.22. The minimum atomic E-state index is 0. The van der Waals surface area contributed by atoms with E-state index in [-0.39, 0.29) is 24.0 Å². The van der Waals surface area contributed by atoms with Crippen LogP contribution in [-0.2, 0) is 20.1 Å². The first kappa shape index (κ1) is 21.7. The van der Waals surface area contributed by atoms with Crippen molar-refractivity contribution < 1.29 is 4.52 Å². The van der Waals surface area contributed by atoms with Crippen LogP contribution in [0.5, 0.6) is 0 Å². The first-order chi connectivity index (χ1) is 12.6. The number of rotatable bonds is 5. The zero-order valence-corrected chi connectivity index (χ0v) is 18.9. The highest BCUT2D eigenvalue weighted by Gasteiger charge is 2.20. The summed E-state index contributed by atoms with van der Waals surface area (Å²) in [6.07, 6.45) is 1.63. The summed E-state index contributed by atoms with van der Waals surface area (Å²) < 4.78 is 6.85. The number of aromatic nitrogens is 3. The lowest BCUT2D eigenvalue weighted by Crippen LogP contribution is -2.52. The van der Waals surface area contributed by atoms with Crippen LogP contribution in [0.25, 0.3) is 0 Å². The third-order valence-corrected chi connectivity index (χ3v) is 4.93. The number of aliphatic imine (C=N–C) groups is 1. The predicted octanol–water partition coefficient (Wildman–Crippen LogP) is 1.93. The molecule has 150 valence electrons. The average molecular weight is 487 g/mol. The Hall–Kier alpha value is -1.62. The maximum Gasteiger partial charge on any atom is 0.194 e. The summed E-state index contributed by atoms with van der Waals surface area (Å²) >= 11 is 0. The lowest BCUT2D eigenvalue weighted by atomic mass is 10.2. The predicted molar refractivity (Wildman–Crippen MR) is 116 cm³/mol. The molecule has 3 heterocycles. The van der Waals surface area contributed by atoms with Crippen LogP contribution in [0.2, 0.25) is 0 Å². The van der Waals surface area contributed by atoms with Gasteiger partial charge < -0.3 is 14.7 Å². The summed E-state index contributed by atoms with van der Waals surface area (Å²) in [6, 6.07) is 1.93. The summed E-state index contributed by atoms with van der Waals surface area (Å²) in [7, 11) is 1.98. The molecule has 0 radical (unpaired) electrons. The molecule has 0 saturated carbocycles. The number of nitrogens with zero attached hydrogens (tertiary/aromatic N) is 6. The Kier molecular flexibility index (Phi) is 8.08. The van der Waals surface area contributed by atoms with E-state index in [2.05, 4.69) is 39.2 Å². The average Bonchev–Trinajstić information content (AvgIpc) is 3.22. The monoisotopic (exact) mass is 487 g/mol. The molecule has 0 atom stereocenters. The van der Waals surface area contributed by atoms with Crippen molar-refractivity contribution in [3.05, 3.63) is 35.0 Å². The van der Waals surface area contributed by atoms with E-state index in [0.717, 1.165) is 56.6 Å². The maximum atomic E-state index is 4.92. The maximum absolute atomic E-state index is 4.92. The minimum absolute atomic E-state index is 0. The van der Waals surface area contributed by atoms with Crippen LogP contribution in [0.15, 0.2) is 21.8 Å². The lowest BCUT2D eigenvalue weighted by molar-refractivity contribution is 0.169. The molecule has 27 heavy (non-hydrogen) atoms. The van der Waals surface area contributed by atoms with Gasteiger partial charge in [-0.15, -0.1) is 24.0 Å². The largest absolute Gasteiger partial charge is 0.364 e. The smallest absolute Gasteiger partial charge is 0.194 e. The van der Waals surface area contributed by atoms with E-state index in [4.69, 9.17) is 9.52 Å². The molecule has 0 aromatic carbocycles. The Morgan fingerprint density at radius 1 is 1.26 bits per heavy atom. The number of halogens is 1. The van der Waals surface area contributed by atoms with Crippen LogP contribution in [0.4, 0.5) is 0 Å². The number of piperazine rings is 1. The van der Waals surface area contributed by atoms with Gasteiger partial charge in [-0.05, 0) is 20.8 Å². The van der Waals surface area contributed by atoms with Crippen LogP contribution in [-0.4, -0.2) is 63.4 Å². The molecule has 0 spiro atoms. The van der Waals surface area contributed by atoms with Gasteiger partial charge in [-0.3, -0.25) is 9.58 Å². The fraction of sp³-hybridized carbons (Fsp3) is 0.611. The molecular formula is C18H30IN7O. The van der Waals surface area contributed by atoms with Gasteiger partial charge in [0.1, 0.15) is 6.26 Å². The Morgan fingerprint density at radius 2 is 2.00 bits per heavy atom. The van der Waals surface area contributed by atoms with Crippen molar-refractivity contribution in [2.24, 2.45) is 12.0 Å². The van der Waals surface area contributed by atoms with Gasteiger partial charge in [0, 0.05) is 63.6 Å². The molecule has 0 aliphatic carbocycles. The van der Waals surface area contributed by atoms with Crippen LogP contribution >= 0.6 is 24.0 Å². The highest BCUT2D eigenvalue weighted by Crippen LogP contribution is 2.14. The molecule has 1 N–H and O–H groups in total. The van der Waals surface area contributed by atoms with Gasteiger partial charge >= 0.3 is 0 Å². The molecular weight excluding hydrogens is 457 g/mol. The summed E-state index contributed by atoms with van der Waals surface area (Å²) in [5.41, 5.74) is 4.44. The van der Waals surface area contributed by atoms with Gasteiger partial charge in [0.05, 0.1) is 17.9 Å². The van der Waals surface area contributed by atoms with Gasteiger partial charge in [0.25, 0.3) is 0 Å². The van der Waals surface area contributed by atoms with Gasteiger partial charge in [0.2, 0.25) is 0 Å². The lowest BCUT2D eigenvalue weighted by Gasteiger charge is -2.36. The molecule has 0 bridgehead atoms. The third kappa shape index (κ3) is 5.44. The van der Waals surface area contributed by atoms with Crippen molar-refractivity contribution in [3.8, 4) is 0 Å². The van der Waals surface area contributed by atoms with Gasteiger partial charge in [-0.25, -0.2) is 4.99 Å². The quantitative estimate of drug-likeness (QED) is 0.395.